The number of methoxy groups -OCH3 is 1. The number of carbonyl (C=O) groups is 1. The van der Waals surface area contributed by atoms with Gasteiger partial charge in [0.2, 0.25) is 0 Å². The normalized spacial score (nSPS) is 10.9. The standard InChI is InChI=1S/C10H8F3N3O2/c1-4-6(9(17)18-2)7(10(11,12)13)5(3-14)8(15)16-4/h1-2H3,(H2,15,16). The third-order valence-corrected chi connectivity index (χ3v) is 2.19. The number of pyridine rings is 1. The highest BCUT2D eigenvalue weighted by Gasteiger charge is 2.41. The maximum Gasteiger partial charge on any atom is 0.418 e. The Balaban J connectivity index is 3.81. The van der Waals surface area contributed by atoms with E-state index in [1.165, 1.54) is 13.0 Å². The van der Waals surface area contributed by atoms with E-state index in [1.54, 1.807) is 0 Å². The van der Waals surface area contributed by atoms with Crippen LogP contribution < -0.4 is 5.73 Å². The predicted molar refractivity (Wildman–Crippen MR) is 54.4 cm³/mol. The lowest BCUT2D eigenvalue weighted by atomic mass is 10.0. The molecule has 0 saturated heterocycles. The van der Waals surface area contributed by atoms with Crippen molar-refractivity contribution in [2.24, 2.45) is 0 Å². The van der Waals surface area contributed by atoms with Gasteiger partial charge in [-0.1, -0.05) is 0 Å². The van der Waals surface area contributed by atoms with Crippen LogP contribution in [0, 0.1) is 18.3 Å². The zero-order valence-electron chi connectivity index (χ0n) is 9.42. The van der Waals surface area contributed by atoms with Gasteiger partial charge in [0, 0.05) is 0 Å². The fourth-order valence-corrected chi connectivity index (χ4v) is 1.47. The van der Waals surface area contributed by atoms with Crippen LogP contribution in [-0.4, -0.2) is 18.1 Å². The minimum atomic E-state index is -4.91. The molecule has 0 bridgehead atoms. The summed E-state index contributed by atoms with van der Waals surface area (Å²) in [5, 5.41) is 8.71. The van der Waals surface area contributed by atoms with Crippen molar-refractivity contribution in [3.63, 3.8) is 0 Å². The molecule has 2 N–H and O–H groups in total. The summed E-state index contributed by atoms with van der Waals surface area (Å²) in [6.07, 6.45) is -4.91. The second-order valence-corrected chi connectivity index (χ2v) is 3.31. The molecular weight excluding hydrogens is 251 g/mol. The molecule has 18 heavy (non-hydrogen) atoms. The van der Waals surface area contributed by atoms with E-state index in [1.807, 2.05) is 0 Å². The number of carbonyl (C=O) groups excluding carboxylic acids is 1. The van der Waals surface area contributed by atoms with Crippen LogP contribution in [0.3, 0.4) is 0 Å². The van der Waals surface area contributed by atoms with Gasteiger partial charge in [0.05, 0.1) is 23.9 Å². The number of nitrogens with zero attached hydrogens (tertiary/aromatic N) is 2. The van der Waals surface area contributed by atoms with E-state index in [0.717, 1.165) is 7.11 Å². The number of nitrogens with two attached hydrogens (primary N) is 1. The summed E-state index contributed by atoms with van der Waals surface area (Å²) in [7, 11) is 0.935. The molecule has 96 valence electrons. The fraction of sp³-hybridized carbons (Fsp3) is 0.300. The largest absolute Gasteiger partial charge is 0.465 e. The van der Waals surface area contributed by atoms with Crippen molar-refractivity contribution in [1.82, 2.24) is 4.98 Å². The predicted octanol–water partition coefficient (Wildman–Crippen LogP) is 1.65. The number of nitrogen functional groups attached to an aromatic ring is 1. The van der Waals surface area contributed by atoms with E-state index in [0.29, 0.717) is 0 Å². The minimum Gasteiger partial charge on any atom is -0.465 e. The summed E-state index contributed by atoms with van der Waals surface area (Å²) in [5.41, 5.74) is 1.92. The van der Waals surface area contributed by atoms with Gasteiger partial charge in [-0.15, -0.1) is 0 Å². The molecule has 5 nitrogen and oxygen atoms in total. The van der Waals surface area contributed by atoms with Crippen LogP contribution in [0.25, 0.3) is 0 Å². The number of aryl methyl sites for hydroxylation is 1. The van der Waals surface area contributed by atoms with Gasteiger partial charge in [0.25, 0.3) is 0 Å². The molecule has 0 aromatic carbocycles. The van der Waals surface area contributed by atoms with Gasteiger partial charge in [0.1, 0.15) is 17.5 Å². The number of nitriles is 1. The second-order valence-electron chi connectivity index (χ2n) is 3.31. The molecule has 1 heterocycles. The van der Waals surface area contributed by atoms with Gasteiger partial charge in [-0.25, -0.2) is 9.78 Å². The van der Waals surface area contributed by atoms with Crippen LogP contribution in [0.15, 0.2) is 0 Å². The topological polar surface area (TPSA) is 89.0 Å². The molecule has 0 aliphatic heterocycles. The lowest BCUT2D eigenvalue weighted by Crippen LogP contribution is -2.20. The molecule has 0 spiro atoms. The van der Waals surface area contributed by atoms with Crippen molar-refractivity contribution in [3.05, 3.63) is 22.4 Å². The summed E-state index contributed by atoms with van der Waals surface area (Å²) < 4.78 is 43.0. The third-order valence-electron chi connectivity index (χ3n) is 2.19. The first-order valence-electron chi connectivity index (χ1n) is 4.59. The highest BCUT2D eigenvalue weighted by Crippen LogP contribution is 2.37. The highest BCUT2D eigenvalue weighted by atomic mass is 19.4. The number of ether oxygens (including phenoxy) is 1. The maximum atomic E-state index is 12.9. The lowest BCUT2D eigenvalue weighted by molar-refractivity contribution is -0.138. The summed E-state index contributed by atoms with van der Waals surface area (Å²) in [6.45, 7) is 1.18. The van der Waals surface area contributed by atoms with Crippen LogP contribution in [0.1, 0.15) is 27.2 Å². The van der Waals surface area contributed by atoms with Crippen LogP contribution in [-0.2, 0) is 10.9 Å². The van der Waals surface area contributed by atoms with E-state index in [-0.39, 0.29) is 5.69 Å². The summed E-state index contributed by atoms with van der Waals surface area (Å²) in [5.74, 6) is -1.79. The minimum absolute atomic E-state index is 0.245. The molecule has 0 aliphatic rings. The molecule has 1 aromatic heterocycles. The summed E-state index contributed by atoms with van der Waals surface area (Å²) in [4.78, 5) is 14.9. The number of rotatable bonds is 1. The lowest BCUT2D eigenvalue weighted by Gasteiger charge is -2.15. The van der Waals surface area contributed by atoms with Gasteiger partial charge in [0.15, 0.2) is 0 Å². The van der Waals surface area contributed by atoms with Gasteiger partial charge >= 0.3 is 12.1 Å². The number of anilines is 1. The number of hydrogen-bond donors (Lipinski definition) is 1. The molecule has 0 unspecified atom stereocenters. The summed E-state index contributed by atoms with van der Waals surface area (Å²) in [6, 6.07) is 1.30. The smallest absolute Gasteiger partial charge is 0.418 e. The third kappa shape index (κ3) is 2.20. The average molecular weight is 259 g/mol. The van der Waals surface area contributed by atoms with Crippen molar-refractivity contribution in [3.8, 4) is 6.07 Å². The van der Waals surface area contributed by atoms with Gasteiger partial charge in [-0.05, 0) is 6.92 Å². The Bertz CT molecular complexity index is 547. The van der Waals surface area contributed by atoms with E-state index >= 15 is 0 Å². The van der Waals surface area contributed by atoms with E-state index in [2.05, 4.69) is 9.72 Å². The molecule has 8 heteroatoms. The van der Waals surface area contributed by atoms with Crippen molar-refractivity contribution in [1.29, 1.82) is 5.26 Å². The molecule has 1 aromatic rings. The Hall–Kier alpha value is -2.30. The molecule has 0 aliphatic carbocycles. The van der Waals surface area contributed by atoms with E-state index in [9.17, 15) is 18.0 Å². The Morgan fingerprint density at radius 1 is 1.50 bits per heavy atom. The highest BCUT2D eigenvalue weighted by molar-refractivity contribution is 5.93. The van der Waals surface area contributed by atoms with Crippen LogP contribution >= 0.6 is 0 Å². The summed E-state index contributed by atoms with van der Waals surface area (Å²) >= 11 is 0. The fourth-order valence-electron chi connectivity index (χ4n) is 1.47. The number of esters is 1. The molecule has 0 radical (unpaired) electrons. The monoisotopic (exact) mass is 259 g/mol. The van der Waals surface area contributed by atoms with Gasteiger partial charge < -0.3 is 10.5 Å². The Morgan fingerprint density at radius 2 is 2.06 bits per heavy atom. The molecular formula is C10H8F3N3O2. The molecule has 1 rings (SSSR count). The zero-order valence-corrected chi connectivity index (χ0v) is 9.42. The Labute approximate surface area is 100.0 Å². The first-order valence-corrected chi connectivity index (χ1v) is 4.59. The first-order chi connectivity index (χ1) is 8.23. The number of hydrogen-bond acceptors (Lipinski definition) is 5. The molecule has 0 fully saturated rings. The van der Waals surface area contributed by atoms with Crippen molar-refractivity contribution in [2.45, 2.75) is 13.1 Å². The second kappa shape index (κ2) is 4.52. The van der Waals surface area contributed by atoms with E-state index < -0.39 is 34.7 Å². The van der Waals surface area contributed by atoms with E-state index in [4.69, 9.17) is 11.0 Å². The molecule has 0 atom stereocenters. The number of aromatic nitrogens is 1. The van der Waals surface area contributed by atoms with Crippen molar-refractivity contribution < 1.29 is 22.7 Å². The zero-order chi connectivity index (χ0) is 14.1. The molecule has 0 saturated carbocycles. The van der Waals surface area contributed by atoms with Crippen LogP contribution in [0.2, 0.25) is 0 Å². The quantitative estimate of drug-likeness (QED) is 0.774. The van der Waals surface area contributed by atoms with Crippen LogP contribution in [0.5, 0.6) is 0 Å². The Morgan fingerprint density at radius 3 is 2.44 bits per heavy atom. The van der Waals surface area contributed by atoms with Gasteiger partial charge in [-0.3, -0.25) is 0 Å². The SMILES string of the molecule is COC(=O)c1c(C)nc(N)c(C#N)c1C(F)(F)F. The average Bonchev–Trinajstić information content (AvgIpc) is 2.26. The number of alkyl halides is 3. The van der Waals surface area contributed by atoms with Crippen molar-refractivity contribution in [2.75, 3.05) is 12.8 Å². The van der Waals surface area contributed by atoms with Gasteiger partial charge in [-0.2, -0.15) is 18.4 Å². The van der Waals surface area contributed by atoms with Crippen molar-refractivity contribution >= 4 is 11.8 Å². The first kappa shape index (κ1) is 13.8. The Kier molecular flexibility index (Phi) is 3.46. The van der Waals surface area contributed by atoms with Crippen LogP contribution in [0.4, 0.5) is 19.0 Å². The molecule has 0 amide bonds. The number of halogens is 3. The maximum absolute atomic E-state index is 12.9.